The fraction of sp³-hybridized carbons (Fsp3) is 0.265. The molecular formula is C34H30Cl2N4O5. The number of hydrogen-bond acceptors (Lipinski definition) is 6. The Bertz CT molecular complexity index is 1810. The van der Waals surface area contributed by atoms with Crippen LogP contribution in [-0.2, 0) is 11.2 Å². The van der Waals surface area contributed by atoms with Crippen LogP contribution in [0, 0.1) is 0 Å². The highest BCUT2D eigenvalue weighted by atomic mass is 35.5. The van der Waals surface area contributed by atoms with Gasteiger partial charge in [-0.25, -0.2) is 9.78 Å². The van der Waals surface area contributed by atoms with Gasteiger partial charge in [0.2, 0.25) is 11.8 Å². The number of benzene rings is 2. The van der Waals surface area contributed by atoms with Gasteiger partial charge in [-0.05, 0) is 61.1 Å². The first-order valence-electron chi connectivity index (χ1n) is 14.6. The molecule has 2 amide bonds. The molecular weight excluding hydrogens is 615 g/mol. The summed E-state index contributed by atoms with van der Waals surface area (Å²) in [5.41, 5.74) is 6.33. The molecule has 2 atom stereocenters. The van der Waals surface area contributed by atoms with Crippen molar-refractivity contribution in [3.63, 3.8) is 0 Å². The highest BCUT2D eigenvalue weighted by molar-refractivity contribution is 6.39. The van der Waals surface area contributed by atoms with E-state index in [0.717, 1.165) is 29.5 Å². The Morgan fingerprint density at radius 1 is 1.07 bits per heavy atom. The maximum Gasteiger partial charge on any atom is 0.407 e. The third-order valence-electron chi connectivity index (χ3n) is 8.49. The van der Waals surface area contributed by atoms with Crippen molar-refractivity contribution in [2.45, 2.75) is 44.2 Å². The molecule has 11 heteroatoms. The molecule has 0 radical (unpaired) electrons. The molecule has 4 aromatic rings. The molecule has 0 spiro atoms. The van der Waals surface area contributed by atoms with Crippen LogP contribution < -0.4 is 10.1 Å². The minimum absolute atomic E-state index is 0.0382. The molecule has 9 nitrogen and oxygen atoms in total. The van der Waals surface area contributed by atoms with E-state index in [1.54, 1.807) is 24.4 Å². The Hall–Kier alpha value is -4.47. The molecule has 1 unspecified atom stereocenters. The van der Waals surface area contributed by atoms with Crippen molar-refractivity contribution in [2.24, 2.45) is 0 Å². The van der Waals surface area contributed by atoms with E-state index in [0.29, 0.717) is 69.2 Å². The van der Waals surface area contributed by atoms with E-state index in [9.17, 15) is 19.5 Å². The Morgan fingerprint density at radius 3 is 2.60 bits per heavy atom. The van der Waals surface area contributed by atoms with Crippen LogP contribution in [0.5, 0.6) is 5.88 Å². The van der Waals surface area contributed by atoms with Crippen molar-refractivity contribution in [3.8, 4) is 39.5 Å². The fourth-order valence-electron chi connectivity index (χ4n) is 6.30. The standard InChI is InChI=1S/C34H30Cl2N4O5/c1-45-33-21(18-41)9-12-27(39-33)26-6-3-5-24(30(26)35)25-14-15-37-32(31(25)36)20-8-11-23-19(16-20)4-2-7-28(23)40(34(43)44)17-22-10-13-29(42)38-22/h3,5-6,8-9,11-12,14-16,18,22,28H,2,4,7,10,13,17H2,1H3,(H,38,42)(H,43,44)/t22?,28-/m1/s1. The number of ether oxygens (including phenoxy) is 1. The Kier molecular flexibility index (Phi) is 8.74. The molecule has 6 rings (SSSR count). The van der Waals surface area contributed by atoms with E-state index in [2.05, 4.69) is 15.3 Å². The number of methoxy groups -OCH3 is 1. The first kappa shape index (κ1) is 30.6. The first-order valence-corrected chi connectivity index (χ1v) is 15.4. The zero-order chi connectivity index (χ0) is 31.7. The molecule has 2 N–H and O–H groups in total. The van der Waals surface area contributed by atoms with Gasteiger partial charge in [0, 0.05) is 47.5 Å². The summed E-state index contributed by atoms with van der Waals surface area (Å²) >= 11 is 14.0. The van der Waals surface area contributed by atoms with Gasteiger partial charge in [-0.15, -0.1) is 0 Å². The number of rotatable bonds is 8. The first-order chi connectivity index (χ1) is 21.8. The van der Waals surface area contributed by atoms with Crippen molar-refractivity contribution >= 4 is 41.5 Å². The van der Waals surface area contributed by atoms with Gasteiger partial charge in [-0.2, -0.15) is 0 Å². The second kappa shape index (κ2) is 12.9. The lowest BCUT2D eigenvalue weighted by Gasteiger charge is -2.35. The van der Waals surface area contributed by atoms with E-state index in [1.807, 2.05) is 36.4 Å². The maximum absolute atomic E-state index is 12.3. The number of fused-ring (bicyclic) bond motifs is 1. The molecule has 1 saturated heterocycles. The molecule has 1 aliphatic carbocycles. The second-order valence-electron chi connectivity index (χ2n) is 11.2. The number of carbonyl (C=O) groups excluding carboxylic acids is 2. The molecule has 0 saturated carbocycles. The third kappa shape index (κ3) is 5.98. The van der Waals surface area contributed by atoms with E-state index < -0.39 is 6.09 Å². The highest BCUT2D eigenvalue weighted by Crippen LogP contribution is 2.43. The lowest BCUT2D eigenvalue weighted by atomic mass is 9.85. The number of carbonyl (C=O) groups is 3. The summed E-state index contributed by atoms with van der Waals surface area (Å²) in [4.78, 5) is 46.0. The predicted molar refractivity (Wildman–Crippen MR) is 172 cm³/mol. The van der Waals surface area contributed by atoms with E-state index >= 15 is 0 Å². The largest absolute Gasteiger partial charge is 0.480 e. The Morgan fingerprint density at radius 2 is 1.87 bits per heavy atom. The van der Waals surface area contributed by atoms with Gasteiger partial charge in [0.1, 0.15) is 0 Å². The normalized spacial score (nSPS) is 17.4. The summed E-state index contributed by atoms with van der Waals surface area (Å²) in [6.07, 6.45) is 4.77. The third-order valence-corrected chi connectivity index (χ3v) is 9.28. The average molecular weight is 646 g/mol. The van der Waals surface area contributed by atoms with Crippen LogP contribution in [0.1, 0.15) is 53.2 Å². The summed E-state index contributed by atoms with van der Waals surface area (Å²) in [6.45, 7) is 0.256. The van der Waals surface area contributed by atoms with Gasteiger partial charge in [0.05, 0.1) is 40.1 Å². The van der Waals surface area contributed by atoms with Crippen molar-refractivity contribution < 1.29 is 24.2 Å². The summed E-state index contributed by atoms with van der Waals surface area (Å²) in [5, 5.41) is 13.8. The second-order valence-corrected chi connectivity index (χ2v) is 11.9. The summed E-state index contributed by atoms with van der Waals surface area (Å²) < 4.78 is 5.28. The van der Waals surface area contributed by atoms with Crippen LogP contribution in [-0.4, -0.2) is 58.0 Å². The van der Waals surface area contributed by atoms with Crippen LogP contribution in [0.25, 0.3) is 33.6 Å². The lowest BCUT2D eigenvalue weighted by molar-refractivity contribution is -0.119. The van der Waals surface area contributed by atoms with Crippen molar-refractivity contribution in [2.75, 3.05) is 13.7 Å². The van der Waals surface area contributed by atoms with E-state index in [4.69, 9.17) is 27.9 Å². The number of amides is 2. The molecule has 1 fully saturated rings. The molecule has 3 heterocycles. The minimum Gasteiger partial charge on any atom is -0.480 e. The van der Waals surface area contributed by atoms with Crippen LogP contribution in [0.3, 0.4) is 0 Å². The van der Waals surface area contributed by atoms with Crippen LogP contribution >= 0.6 is 23.2 Å². The molecule has 0 bridgehead atoms. The summed E-state index contributed by atoms with van der Waals surface area (Å²) in [7, 11) is 1.45. The van der Waals surface area contributed by atoms with Gasteiger partial charge in [0.15, 0.2) is 6.29 Å². The average Bonchev–Trinajstić information content (AvgIpc) is 3.47. The fourth-order valence-corrected chi connectivity index (χ4v) is 6.94. The molecule has 2 aliphatic rings. The van der Waals surface area contributed by atoms with Crippen LogP contribution in [0.2, 0.25) is 10.0 Å². The minimum atomic E-state index is -0.997. The molecule has 45 heavy (non-hydrogen) atoms. The summed E-state index contributed by atoms with van der Waals surface area (Å²) in [6, 6.07) is 16.2. The number of carboxylic acid groups (broad SMARTS) is 1. The summed E-state index contributed by atoms with van der Waals surface area (Å²) in [5.74, 6) is 0.170. The van der Waals surface area contributed by atoms with Gasteiger partial charge in [0.25, 0.3) is 0 Å². The molecule has 2 aromatic heterocycles. The van der Waals surface area contributed by atoms with E-state index in [-0.39, 0.29) is 30.4 Å². The quantitative estimate of drug-likeness (QED) is 0.194. The monoisotopic (exact) mass is 644 g/mol. The smallest absolute Gasteiger partial charge is 0.407 e. The Balaban J connectivity index is 1.33. The van der Waals surface area contributed by atoms with E-state index in [1.165, 1.54) is 12.0 Å². The topological polar surface area (TPSA) is 122 Å². The molecule has 2 aromatic carbocycles. The lowest BCUT2D eigenvalue weighted by Crippen LogP contribution is -2.44. The Labute approximate surface area is 270 Å². The zero-order valence-corrected chi connectivity index (χ0v) is 25.9. The van der Waals surface area contributed by atoms with Crippen molar-refractivity contribution in [1.82, 2.24) is 20.2 Å². The number of hydrogen-bond donors (Lipinski definition) is 2. The SMILES string of the molecule is COc1nc(-c2cccc(-c3ccnc(-c4ccc5c(c4)CCC[C@H]5N(CC4CCC(=O)N4)C(=O)O)c3Cl)c2Cl)ccc1C=O. The zero-order valence-electron chi connectivity index (χ0n) is 24.4. The van der Waals surface area contributed by atoms with Gasteiger partial charge < -0.3 is 15.2 Å². The van der Waals surface area contributed by atoms with Crippen molar-refractivity contribution in [3.05, 3.63) is 87.5 Å². The van der Waals surface area contributed by atoms with Gasteiger partial charge in [-0.3, -0.25) is 19.5 Å². The van der Waals surface area contributed by atoms with Gasteiger partial charge >= 0.3 is 6.09 Å². The molecule has 1 aliphatic heterocycles. The van der Waals surface area contributed by atoms with Crippen LogP contribution in [0.15, 0.2) is 60.8 Å². The van der Waals surface area contributed by atoms with Gasteiger partial charge in [-0.1, -0.05) is 53.5 Å². The number of aromatic nitrogens is 2. The maximum atomic E-state index is 12.3. The number of pyridine rings is 2. The number of aryl methyl sites for hydroxylation is 1. The highest BCUT2D eigenvalue weighted by Gasteiger charge is 2.33. The number of nitrogens with one attached hydrogen (secondary N) is 1. The number of nitrogens with zero attached hydrogens (tertiary/aromatic N) is 3. The molecule has 230 valence electrons. The number of aldehydes is 1. The number of halogens is 2. The van der Waals surface area contributed by atoms with Crippen LogP contribution in [0.4, 0.5) is 4.79 Å². The van der Waals surface area contributed by atoms with Crippen molar-refractivity contribution in [1.29, 1.82) is 0 Å². The predicted octanol–water partition coefficient (Wildman–Crippen LogP) is 7.24.